The van der Waals surface area contributed by atoms with Crippen molar-refractivity contribution in [2.75, 3.05) is 21.3 Å². The molecule has 2 aromatic rings. The zero-order valence-electron chi connectivity index (χ0n) is 12.3. The summed E-state index contributed by atoms with van der Waals surface area (Å²) in [6.45, 7) is 0. The van der Waals surface area contributed by atoms with Crippen molar-refractivity contribution in [3.05, 3.63) is 47.0 Å². The van der Waals surface area contributed by atoms with Crippen LogP contribution in [0.15, 0.2) is 30.3 Å². The number of carbonyl (C=O) groups is 3. The minimum absolute atomic E-state index is 0.0985. The molecule has 6 heteroatoms. The molecular weight excluding hydrogens is 288 g/mol. The summed E-state index contributed by atoms with van der Waals surface area (Å²) in [4.78, 5) is 35.7. The standard InChI is InChI=1S/C16H14O6/c1-20-14(17)10-7-9-5-4-6-11(15(18)21-2)13(9)12(8-10)16(19)22-3/h4-8H,1-3H3. The van der Waals surface area contributed by atoms with Crippen molar-refractivity contribution in [1.29, 1.82) is 0 Å². The highest BCUT2D eigenvalue weighted by atomic mass is 16.5. The highest BCUT2D eigenvalue weighted by Gasteiger charge is 2.21. The van der Waals surface area contributed by atoms with Gasteiger partial charge in [0.05, 0.1) is 38.0 Å². The van der Waals surface area contributed by atoms with Crippen molar-refractivity contribution in [1.82, 2.24) is 0 Å². The molecule has 0 fully saturated rings. The Morgan fingerprint density at radius 2 is 1.36 bits per heavy atom. The van der Waals surface area contributed by atoms with Crippen molar-refractivity contribution < 1.29 is 28.6 Å². The molecular formula is C16H14O6. The van der Waals surface area contributed by atoms with Crippen LogP contribution in [0.5, 0.6) is 0 Å². The van der Waals surface area contributed by atoms with Crippen molar-refractivity contribution in [3.8, 4) is 0 Å². The van der Waals surface area contributed by atoms with Crippen LogP contribution in [0.3, 0.4) is 0 Å². The van der Waals surface area contributed by atoms with E-state index in [1.165, 1.54) is 27.4 Å². The third kappa shape index (κ3) is 2.63. The Morgan fingerprint density at radius 3 is 1.95 bits per heavy atom. The van der Waals surface area contributed by atoms with E-state index in [0.29, 0.717) is 10.8 Å². The van der Waals surface area contributed by atoms with Crippen LogP contribution >= 0.6 is 0 Å². The molecule has 0 aliphatic heterocycles. The van der Waals surface area contributed by atoms with E-state index in [-0.39, 0.29) is 16.7 Å². The Balaban J connectivity index is 2.85. The first-order valence-electron chi connectivity index (χ1n) is 6.35. The van der Waals surface area contributed by atoms with E-state index in [1.807, 2.05) is 0 Å². The fourth-order valence-electron chi connectivity index (χ4n) is 2.21. The van der Waals surface area contributed by atoms with Gasteiger partial charge in [-0.05, 0) is 23.6 Å². The Kier molecular flexibility index (Phi) is 4.41. The summed E-state index contributed by atoms with van der Waals surface area (Å²) in [5.74, 6) is -1.83. The molecule has 0 amide bonds. The van der Waals surface area contributed by atoms with E-state index in [0.717, 1.165) is 0 Å². The summed E-state index contributed by atoms with van der Waals surface area (Å²) < 4.78 is 14.1. The summed E-state index contributed by atoms with van der Waals surface area (Å²) in [5.41, 5.74) is 0.510. The molecule has 2 rings (SSSR count). The van der Waals surface area contributed by atoms with Crippen LogP contribution in [0.1, 0.15) is 31.1 Å². The Bertz CT molecular complexity index is 763. The van der Waals surface area contributed by atoms with Crippen LogP contribution < -0.4 is 0 Å². The van der Waals surface area contributed by atoms with Gasteiger partial charge in [0, 0.05) is 5.39 Å². The number of carbonyl (C=O) groups excluding carboxylic acids is 3. The van der Waals surface area contributed by atoms with Crippen LogP contribution in [0.2, 0.25) is 0 Å². The minimum Gasteiger partial charge on any atom is -0.465 e. The maximum atomic E-state index is 12.0. The predicted octanol–water partition coefficient (Wildman–Crippen LogP) is 2.20. The quantitative estimate of drug-likeness (QED) is 0.639. The van der Waals surface area contributed by atoms with Crippen LogP contribution in [0, 0.1) is 0 Å². The molecule has 0 aliphatic carbocycles. The monoisotopic (exact) mass is 302 g/mol. The van der Waals surface area contributed by atoms with Crippen LogP contribution in [-0.4, -0.2) is 39.2 Å². The average Bonchev–Trinajstić information content (AvgIpc) is 2.57. The van der Waals surface area contributed by atoms with E-state index in [4.69, 9.17) is 9.47 Å². The van der Waals surface area contributed by atoms with Gasteiger partial charge < -0.3 is 14.2 Å². The van der Waals surface area contributed by atoms with Crippen molar-refractivity contribution in [2.24, 2.45) is 0 Å². The largest absolute Gasteiger partial charge is 0.465 e. The molecule has 0 aromatic heterocycles. The first-order chi connectivity index (χ1) is 10.5. The number of benzene rings is 2. The molecule has 0 aliphatic rings. The van der Waals surface area contributed by atoms with Crippen molar-refractivity contribution >= 4 is 28.7 Å². The first kappa shape index (κ1) is 15.5. The van der Waals surface area contributed by atoms with Gasteiger partial charge in [0.25, 0.3) is 0 Å². The maximum Gasteiger partial charge on any atom is 0.338 e. The molecule has 0 unspecified atom stereocenters. The van der Waals surface area contributed by atoms with Gasteiger partial charge in [-0.2, -0.15) is 0 Å². The topological polar surface area (TPSA) is 78.9 Å². The lowest BCUT2D eigenvalue weighted by Gasteiger charge is -2.11. The van der Waals surface area contributed by atoms with E-state index in [2.05, 4.69) is 4.74 Å². The highest BCUT2D eigenvalue weighted by Crippen LogP contribution is 2.26. The van der Waals surface area contributed by atoms with E-state index < -0.39 is 17.9 Å². The number of hydrogen-bond acceptors (Lipinski definition) is 6. The minimum atomic E-state index is -0.660. The Labute approximate surface area is 126 Å². The molecule has 0 spiro atoms. The van der Waals surface area contributed by atoms with Gasteiger partial charge in [0.1, 0.15) is 0 Å². The summed E-state index contributed by atoms with van der Waals surface area (Å²) >= 11 is 0. The maximum absolute atomic E-state index is 12.0. The molecule has 6 nitrogen and oxygen atoms in total. The first-order valence-corrected chi connectivity index (χ1v) is 6.35. The summed E-state index contributed by atoms with van der Waals surface area (Å²) in [5, 5.41) is 0.903. The van der Waals surface area contributed by atoms with Crippen LogP contribution in [-0.2, 0) is 14.2 Å². The zero-order valence-corrected chi connectivity index (χ0v) is 12.3. The predicted molar refractivity (Wildman–Crippen MR) is 78.0 cm³/mol. The summed E-state index contributed by atoms with van der Waals surface area (Å²) in [6, 6.07) is 7.74. The van der Waals surface area contributed by atoms with Crippen LogP contribution in [0.25, 0.3) is 10.8 Å². The van der Waals surface area contributed by atoms with Gasteiger partial charge in [0.2, 0.25) is 0 Å². The molecule has 2 aromatic carbocycles. The lowest BCUT2D eigenvalue weighted by Crippen LogP contribution is -2.10. The highest BCUT2D eigenvalue weighted by molar-refractivity contribution is 6.15. The Hall–Kier alpha value is -2.89. The van der Waals surface area contributed by atoms with E-state index in [1.54, 1.807) is 24.3 Å². The lowest BCUT2D eigenvalue weighted by atomic mass is 9.96. The molecule has 0 saturated heterocycles. The Morgan fingerprint density at radius 1 is 0.773 bits per heavy atom. The van der Waals surface area contributed by atoms with Gasteiger partial charge in [-0.3, -0.25) is 0 Å². The number of methoxy groups -OCH3 is 3. The molecule has 22 heavy (non-hydrogen) atoms. The number of rotatable bonds is 3. The molecule has 0 saturated carbocycles. The zero-order chi connectivity index (χ0) is 16.3. The number of esters is 3. The number of ether oxygens (including phenoxy) is 3. The second kappa shape index (κ2) is 6.26. The third-order valence-corrected chi connectivity index (χ3v) is 3.21. The fraction of sp³-hybridized carbons (Fsp3) is 0.188. The normalized spacial score (nSPS) is 10.1. The second-order valence-corrected chi connectivity index (χ2v) is 4.40. The van der Waals surface area contributed by atoms with Gasteiger partial charge in [-0.15, -0.1) is 0 Å². The average molecular weight is 302 g/mol. The van der Waals surface area contributed by atoms with E-state index >= 15 is 0 Å². The molecule has 0 heterocycles. The lowest BCUT2D eigenvalue weighted by molar-refractivity contribution is 0.0593. The third-order valence-electron chi connectivity index (χ3n) is 3.21. The van der Waals surface area contributed by atoms with Gasteiger partial charge >= 0.3 is 17.9 Å². The fourth-order valence-corrected chi connectivity index (χ4v) is 2.21. The summed E-state index contributed by atoms with van der Waals surface area (Å²) in [6.07, 6.45) is 0. The molecule has 0 bridgehead atoms. The molecule has 0 radical (unpaired) electrons. The van der Waals surface area contributed by atoms with Gasteiger partial charge in [-0.25, -0.2) is 14.4 Å². The smallest absolute Gasteiger partial charge is 0.338 e. The van der Waals surface area contributed by atoms with Crippen molar-refractivity contribution in [3.63, 3.8) is 0 Å². The number of fused-ring (bicyclic) bond motifs is 1. The van der Waals surface area contributed by atoms with E-state index in [9.17, 15) is 14.4 Å². The van der Waals surface area contributed by atoms with Crippen LogP contribution in [0.4, 0.5) is 0 Å². The van der Waals surface area contributed by atoms with Gasteiger partial charge in [0.15, 0.2) is 0 Å². The molecule has 114 valence electrons. The summed E-state index contributed by atoms with van der Waals surface area (Å²) in [7, 11) is 3.72. The molecule has 0 atom stereocenters. The van der Waals surface area contributed by atoms with Gasteiger partial charge in [-0.1, -0.05) is 12.1 Å². The second-order valence-electron chi connectivity index (χ2n) is 4.40. The van der Waals surface area contributed by atoms with Crippen molar-refractivity contribution in [2.45, 2.75) is 0 Å². The molecule has 0 N–H and O–H groups in total. The number of hydrogen-bond donors (Lipinski definition) is 0. The SMILES string of the molecule is COC(=O)c1cc(C(=O)OC)c2c(C(=O)OC)cccc2c1.